The van der Waals surface area contributed by atoms with Gasteiger partial charge >= 0.3 is 0 Å². The summed E-state index contributed by atoms with van der Waals surface area (Å²) in [6.45, 7) is 4.19. The van der Waals surface area contributed by atoms with Crippen LogP contribution < -0.4 is 15.4 Å². The predicted octanol–water partition coefficient (Wildman–Crippen LogP) is 4.05. The van der Waals surface area contributed by atoms with Crippen molar-refractivity contribution in [2.24, 2.45) is 0 Å². The molecule has 2 aromatic rings. The Bertz CT molecular complexity index is 631. The number of hydrogen-bond donors (Lipinski definition) is 2. The monoisotopic (exact) mass is 306 g/mol. The average Bonchev–Trinajstić information content (AvgIpc) is 2.47. The van der Waals surface area contributed by atoms with Crippen molar-refractivity contribution in [3.8, 4) is 5.75 Å². The van der Waals surface area contributed by atoms with Crippen molar-refractivity contribution in [3.63, 3.8) is 0 Å². The Hall–Kier alpha value is -2.01. The van der Waals surface area contributed by atoms with E-state index in [0.717, 1.165) is 22.9 Å². The highest BCUT2D eigenvalue weighted by Gasteiger charge is 2.15. The molecule has 0 atom stereocenters. The maximum absolute atomic E-state index is 6.06. The molecule has 0 radical (unpaired) electrons. The van der Waals surface area contributed by atoms with E-state index in [1.165, 1.54) is 6.33 Å². The van der Waals surface area contributed by atoms with E-state index in [0.29, 0.717) is 10.8 Å². The molecule has 0 aliphatic carbocycles. The molecule has 1 aromatic carbocycles. The predicted molar refractivity (Wildman–Crippen MR) is 87.0 cm³/mol. The van der Waals surface area contributed by atoms with Crippen LogP contribution in [0.15, 0.2) is 24.5 Å². The van der Waals surface area contributed by atoms with Crippen molar-refractivity contribution in [2.45, 2.75) is 19.8 Å². The lowest BCUT2D eigenvalue weighted by Crippen LogP contribution is -2.07. The molecule has 0 bridgehead atoms. The average molecular weight is 307 g/mol. The van der Waals surface area contributed by atoms with Crippen LogP contribution in [-0.2, 0) is 0 Å². The molecule has 0 aliphatic heterocycles. The number of methoxy groups -OCH3 is 1. The number of rotatable bonds is 5. The van der Waals surface area contributed by atoms with Crippen molar-refractivity contribution in [2.75, 3.05) is 24.8 Å². The summed E-state index contributed by atoms with van der Waals surface area (Å²) in [6.07, 6.45) is 1.52. The molecule has 112 valence electrons. The molecule has 2 rings (SSSR count). The third kappa shape index (κ3) is 3.36. The summed E-state index contributed by atoms with van der Waals surface area (Å²) in [4.78, 5) is 8.61. The highest BCUT2D eigenvalue weighted by Crippen LogP contribution is 2.34. The van der Waals surface area contributed by atoms with Gasteiger partial charge in [0.05, 0.1) is 12.8 Å². The van der Waals surface area contributed by atoms with Crippen LogP contribution in [0.5, 0.6) is 5.75 Å². The smallest absolute Gasteiger partial charge is 0.142 e. The van der Waals surface area contributed by atoms with Crippen LogP contribution in [0.1, 0.15) is 25.3 Å². The van der Waals surface area contributed by atoms with E-state index in [1.807, 2.05) is 19.2 Å². The van der Waals surface area contributed by atoms with Crippen molar-refractivity contribution >= 4 is 28.9 Å². The Morgan fingerprint density at radius 3 is 2.52 bits per heavy atom. The minimum absolute atomic E-state index is 0.265. The first-order valence-electron chi connectivity index (χ1n) is 6.70. The number of nitrogens with one attached hydrogen (secondary N) is 2. The number of halogens is 1. The van der Waals surface area contributed by atoms with Gasteiger partial charge in [0.15, 0.2) is 0 Å². The zero-order valence-electron chi connectivity index (χ0n) is 12.6. The molecule has 1 aromatic heterocycles. The van der Waals surface area contributed by atoms with Gasteiger partial charge in [-0.3, -0.25) is 0 Å². The van der Waals surface area contributed by atoms with Gasteiger partial charge in [-0.15, -0.1) is 0 Å². The topological polar surface area (TPSA) is 59.1 Å². The molecule has 0 spiro atoms. The zero-order valence-corrected chi connectivity index (χ0v) is 13.3. The largest absolute Gasteiger partial charge is 0.495 e. The number of anilines is 3. The van der Waals surface area contributed by atoms with Gasteiger partial charge in [0.1, 0.15) is 23.7 Å². The fourth-order valence-electron chi connectivity index (χ4n) is 2.15. The number of aromatic nitrogens is 2. The van der Waals surface area contributed by atoms with Crippen LogP contribution in [0.4, 0.5) is 17.3 Å². The fourth-order valence-corrected chi connectivity index (χ4v) is 2.32. The van der Waals surface area contributed by atoms with E-state index >= 15 is 0 Å². The highest BCUT2D eigenvalue weighted by molar-refractivity contribution is 6.31. The van der Waals surface area contributed by atoms with Gasteiger partial charge < -0.3 is 15.4 Å². The normalized spacial score (nSPS) is 10.6. The number of hydrogen-bond acceptors (Lipinski definition) is 5. The quantitative estimate of drug-likeness (QED) is 0.873. The molecule has 0 amide bonds. The van der Waals surface area contributed by atoms with E-state index in [4.69, 9.17) is 16.3 Å². The van der Waals surface area contributed by atoms with Crippen molar-refractivity contribution in [1.29, 1.82) is 0 Å². The van der Waals surface area contributed by atoms with Gasteiger partial charge in [0.25, 0.3) is 0 Å². The number of ether oxygens (including phenoxy) is 1. The second-order valence-electron chi connectivity index (χ2n) is 4.86. The maximum atomic E-state index is 6.06. The summed E-state index contributed by atoms with van der Waals surface area (Å²) < 4.78 is 5.35. The molecule has 1 heterocycles. The minimum Gasteiger partial charge on any atom is -0.495 e. The lowest BCUT2D eigenvalue weighted by molar-refractivity contribution is 0.417. The third-order valence-electron chi connectivity index (χ3n) is 3.11. The first kappa shape index (κ1) is 15.4. The molecule has 6 heteroatoms. The van der Waals surface area contributed by atoms with Crippen LogP contribution in [-0.4, -0.2) is 24.1 Å². The molecular weight excluding hydrogens is 288 g/mol. The lowest BCUT2D eigenvalue weighted by Gasteiger charge is -2.18. The summed E-state index contributed by atoms with van der Waals surface area (Å²) >= 11 is 6.06. The van der Waals surface area contributed by atoms with E-state index in [1.54, 1.807) is 13.2 Å². The van der Waals surface area contributed by atoms with Crippen LogP contribution in [0.2, 0.25) is 5.02 Å². The second-order valence-corrected chi connectivity index (χ2v) is 5.30. The van der Waals surface area contributed by atoms with Crippen molar-refractivity contribution in [1.82, 2.24) is 9.97 Å². The maximum Gasteiger partial charge on any atom is 0.142 e. The Labute approximate surface area is 129 Å². The Morgan fingerprint density at radius 1 is 1.19 bits per heavy atom. The van der Waals surface area contributed by atoms with Gasteiger partial charge in [0.2, 0.25) is 0 Å². The summed E-state index contributed by atoms with van der Waals surface area (Å²) in [5.74, 6) is 2.52. The molecule has 5 nitrogen and oxygen atoms in total. The third-order valence-corrected chi connectivity index (χ3v) is 3.35. The summed E-state index contributed by atoms with van der Waals surface area (Å²) in [5.41, 5.74) is 1.79. The van der Waals surface area contributed by atoms with E-state index < -0.39 is 0 Å². The van der Waals surface area contributed by atoms with Gasteiger partial charge in [-0.25, -0.2) is 9.97 Å². The molecule has 0 aliphatic rings. The zero-order chi connectivity index (χ0) is 15.4. The molecule has 0 fully saturated rings. The van der Waals surface area contributed by atoms with Crippen LogP contribution in [0, 0.1) is 0 Å². The summed E-state index contributed by atoms with van der Waals surface area (Å²) in [7, 11) is 3.47. The Morgan fingerprint density at radius 2 is 1.90 bits per heavy atom. The van der Waals surface area contributed by atoms with Gasteiger partial charge in [-0.1, -0.05) is 25.4 Å². The highest BCUT2D eigenvalue weighted by atomic mass is 35.5. The van der Waals surface area contributed by atoms with Gasteiger partial charge in [0, 0.05) is 17.6 Å². The first-order chi connectivity index (χ1) is 10.1. The lowest BCUT2D eigenvalue weighted by atomic mass is 10.0. The van der Waals surface area contributed by atoms with E-state index in [2.05, 4.69) is 34.4 Å². The van der Waals surface area contributed by atoms with Gasteiger partial charge in [-0.05, 0) is 24.1 Å². The molecule has 21 heavy (non-hydrogen) atoms. The standard InChI is InChI=1S/C15H19ClN4O/c1-9(2)13-14(17-3)18-8-19-15(13)20-11-7-10(16)5-6-12(11)21-4/h5-9H,1-4H3,(H2,17,18,19,20). The Kier molecular flexibility index (Phi) is 4.85. The number of nitrogens with zero attached hydrogens (tertiary/aromatic N) is 2. The van der Waals surface area contributed by atoms with Crippen LogP contribution in [0.3, 0.4) is 0 Å². The number of benzene rings is 1. The fraction of sp³-hybridized carbons (Fsp3) is 0.333. The van der Waals surface area contributed by atoms with Gasteiger partial charge in [-0.2, -0.15) is 0 Å². The summed E-state index contributed by atoms with van der Waals surface area (Å²) in [6, 6.07) is 5.42. The molecular formula is C15H19ClN4O. The molecule has 0 unspecified atom stereocenters. The molecule has 0 saturated heterocycles. The van der Waals surface area contributed by atoms with E-state index in [9.17, 15) is 0 Å². The first-order valence-corrected chi connectivity index (χ1v) is 7.07. The molecule has 0 saturated carbocycles. The van der Waals surface area contributed by atoms with Crippen molar-refractivity contribution < 1.29 is 4.74 Å². The SMILES string of the molecule is CNc1ncnc(Nc2cc(Cl)ccc2OC)c1C(C)C. The second kappa shape index (κ2) is 6.63. The van der Waals surface area contributed by atoms with Crippen LogP contribution in [0.25, 0.3) is 0 Å². The molecule has 2 N–H and O–H groups in total. The van der Waals surface area contributed by atoms with Crippen molar-refractivity contribution in [3.05, 3.63) is 35.1 Å². The van der Waals surface area contributed by atoms with Crippen LogP contribution >= 0.6 is 11.6 Å². The van der Waals surface area contributed by atoms with E-state index in [-0.39, 0.29) is 5.92 Å². The summed E-state index contributed by atoms with van der Waals surface area (Å²) in [5, 5.41) is 7.01. The Balaban J connectivity index is 2.47. The minimum atomic E-state index is 0.265.